The SMILES string of the molecule is COc1cc([N+](=O)[O-])ccc1N=NC(C(=O)Nc1ccc(C(=O)O)cc1)=C(C)O. The molecule has 0 radical (unpaired) electrons. The predicted molar refractivity (Wildman–Crippen MR) is 102 cm³/mol. The van der Waals surface area contributed by atoms with E-state index in [0.717, 1.165) is 6.07 Å². The van der Waals surface area contributed by atoms with Crippen molar-refractivity contribution >= 4 is 28.9 Å². The zero-order chi connectivity index (χ0) is 21.6. The number of benzene rings is 2. The number of hydrogen-bond donors (Lipinski definition) is 3. The van der Waals surface area contributed by atoms with Crippen molar-refractivity contribution in [2.75, 3.05) is 12.4 Å². The van der Waals surface area contributed by atoms with Gasteiger partial charge in [-0.15, -0.1) is 10.2 Å². The molecule has 2 aromatic carbocycles. The van der Waals surface area contributed by atoms with E-state index in [1.165, 1.54) is 50.4 Å². The summed E-state index contributed by atoms with van der Waals surface area (Å²) in [6, 6.07) is 8.98. The van der Waals surface area contributed by atoms with Gasteiger partial charge in [0, 0.05) is 11.8 Å². The van der Waals surface area contributed by atoms with Gasteiger partial charge in [-0.25, -0.2) is 4.79 Å². The van der Waals surface area contributed by atoms with E-state index in [2.05, 4.69) is 15.5 Å². The Morgan fingerprint density at radius 3 is 2.31 bits per heavy atom. The summed E-state index contributed by atoms with van der Waals surface area (Å²) in [5.41, 5.74) is -0.190. The Labute approximate surface area is 164 Å². The van der Waals surface area contributed by atoms with Crippen molar-refractivity contribution in [1.29, 1.82) is 0 Å². The van der Waals surface area contributed by atoms with Crippen LogP contribution in [-0.2, 0) is 4.79 Å². The van der Waals surface area contributed by atoms with Gasteiger partial charge in [-0.2, -0.15) is 0 Å². The van der Waals surface area contributed by atoms with Crippen LogP contribution < -0.4 is 10.1 Å². The molecule has 0 heterocycles. The molecule has 0 spiro atoms. The molecule has 0 aliphatic heterocycles. The van der Waals surface area contributed by atoms with Crippen LogP contribution in [0, 0.1) is 10.1 Å². The number of carboxylic acids is 1. The second-order valence-corrected chi connectivity index (χ2v) is 5.58. The highest BCUT2D eigenvalue weighted by Gasteiger charge is 2.15. The Hall–Kier alpha value is -4.28. The fourth-order valence-electron chi connectivity index (χ4n) is 2.13. The highest BCUT2D eigenvalue weighted by Crippen LogP contribution is 2.32. The van der Waals surface area contributed by atoms with E-state index in [0.29, 0.717) is 0 Å². The number of amides is 1. The number of rotatable bonds is 7. The van der Waals surface area contributed by atoms with E-state index in [4.69, 9.17) is 9.84 Å². The Morgan fingerprint density at radius 1 is 1.14 bits per heavy atom. The van der Waals surface area contributed by atoms with Crippen LogP contribution in [0.3, 0.4) is 0 Å². The molecule has 0 fully saturated rings. The molecule has 0 aliphatic rings. The summed E-state index contributed by atoms with van der Waals surface area (Å²) in [4.78, 5) is 33.5. The first-order chi connectivity index (χ1) is 13.7. The van der Waals surface area contributed by atoms with Gasteiger partial charge >= 0.3 is 5.97 Å². The van der Waals surface area contributed by atoms with Gasteiger partial charge < -0.3 is 20.3 Å². The maximum Gasteiger partial charge on any atom is 0.335 e. The summed E-state index contributed by atoms with van der Waals surface area (Å²) < 4.78 is 5.03. The quantitative estimate of drug-likeness (QED) is 0.209. The molecule has 0 aromatic heterocycles. The standard InChI is InChI=1S/C18H16N4O7/c1-10(23)16(17(24)19-12-5-3-11(4-6-12)18(25)26)21-20-14-8-7-13(22(27)28)9-15(14)29-2/h3-9,23H,1-2H3,(H,19,24)(H,25,26). The first-order valence-corrected chi connectivity index (χ1v) is 8.01. The van der Waals surface area contributed by atoms with E-state index in [1.807, 2.05) is 0 Å². The fraction of sp³-hybridized carbons (Fsp3) is 0.111. The summed E-state index contributed by atoms with van der Waals surface area (Å²) in [6.07, 6.45) is 0. The molecule has 150 valence electrons. The summed E-state index contributed by atoms with van der Waals surface area (Å²) >= 11 is 0. The highest BCUT2D eigenvalue weighted by molar-refractivity contribution is 6.03. The molecule has 0 bridgehead atoms. The van der Waals surface area contributed by atoms with E-state index in [1.54, 1.807) is 0 Å². The monoisotopic (exact) mass is 400 g/mol. The third-order valence-electron chi connectivity index (χ3n) is 3.58. The lowest BCUT2D eigenvalue weighted by Gasteiger charge is -2.07. The van der Waals surface area contributed by atoms with Crippen LogP contribution in [0.25, 0.3) is 0 Å². The number of aromatic carboxylic acids is 1. The Kier molecular flexibility index (Phi) is 6.58. The van der Waals surface area contributed by atoms with Crippen LogP contribution in [0.2, 0.25) is 0 Å². The number of nitro groups is 1. The van der Waals surface area contributed by atoms with Gasteiger partial charge in [0.2, 0.25) is 0 Å². The third kappa shape index (κ3) is 5.35. The molecule has 2 rings (SSSR count). The van der Waals surface area contributed by atoms with Gasteiger partial charge in [0.15, 0.2) is 11.4 Å². The lowest BCUT2D eigenvalue weighted by atomic mass is 10.2. The van der Waals surface area contributed by atoms with Gasteiger partial charge in [-0.3, -0.25) is 14.9 Å². The summed E-state index contributed by atoms with van der Waals surface area (Å²) in [6.45, 7) is 1.23. The Morgan fingerprint density at radius 2 is 1.79 bits per heavy atom. The minimum absolute atomic E-state index is 0.0436. The molecule has 0 atom stereocenters. The highest BCUT2D eigenvalue weighted by atomic mass is 16.6. The number of nitrogens with zero attached hydrogens (tertiary/aromatic N) is 3. The van der Waals surface area contributed by atoms with Crippen LogP contribution >= 0.6 is 0 Å². The normalized spacial score (nSPS) is 11.7. The van der Waals surface area contributed by atoms with Crippen molar-refractivity contribution in [3.63, 3.8) is 0 Å². The number of allylic oxidation sites excluding steroid dienone is 1. The molecule has 0 unspecified atom stereocenters. The number of nitrogens with one attached hydrogen (secondary N) is 1. The lowest BCUT2D eigenvalue weighted by Crippen LogP contribution is -2.14. The van der Waals surface area contributed by atoms with Gasteiger partial charge in [0.1, 0.15) is 11.4 Å². The van der Waals surface area contributed by atoms with Crippen molar-refractivity contribution < 1.29 is 29.5 Å². The smallest absolute Gasteiger partial charge is 0.335 e. The lowest BCUT2D eigenvalue weighted by molar-refractivity contribution is -0.384. The van der Waals surface area contributed by atoms with Crippen molar-refractivity contribution in [2.45, 2.75) is 6.92 Å². The number of hydrogen-bond acceptors (Lipinski definition) is 8. The Balaban J connectivity index is 2.24. The van der Waals surface area contributed by atoms with Gasteiger partial charge in [0.05, 0.1) is 23.7 Å². The second kappa shape index (κ2) is 9.08. The summed E-state index contributed by atoms with van der Waals surface area (Å²) in [5, 5.41) is 39.5. The Bertz CT molecular complexity index is 1010. The maximum atomic E-state index is 12.4. The number of methoxy groups -OCH3 is 1. The fourth-order valence-corrected chi connectivity index (χ4v) is 2.13. The van der Waals surface area contributed by atoms with Crippen molar-refractivity contribution in [3.8, 4) is 5.75 Å². The largest absolute Gasteiger partial charge is 0.510 e. The second-order valence-electron chi connectivity index (χ2n) is 5.58. The molecule has 0 aliphatic carbocycles. The molecule has 0 saturated carbocycles. The first kappa shape index (κ1) is 21.0. The molecule has 3 N–H and O–H groups in total. The minimum atomic E-state index is -1.11. The number of carboxylic acid groups (broad SMARTS) is 1. The number of nitro benzene ring substituents is 1. The number of aliphatic hydroxyl groups is 1. The summed E-state index contributed by atoms with van der Waals surface area (Å²) in [5.74, 6) is -2.27. The van der Waals surface area contributed by atoms with E-state index in [-0.39, 0.29) is 28.4 Å². The minimum Gasteiger partial charge on any atom is -0.510 e. The van der Waals surface area contributed by atoms with Crippen molar-refractivity contribution in [1.82, 2.24) is 0 Å². The van der Waals surface area contributed by atoms with Crippen LogP contribution in [0.4, 0.5) is 17.1 Å². The van der Waals surface area contributed by atoms with Crippen LogP contribution in [0.5, 0.6) is 5.75 Å². The number of carbonyl (C=O) groups excluding carboxylic acids is 1. The van der Waals surface area contributed by atoms with Gasteiger partial charge in [0.25, 0.3) is 11.6 Å². The molecule has 1 amide bonds. The average molecular weight is 400 g/mol. The predicted octanol–water partition coefficient (Wildman–Crippen LogP) is 3.81. The van der Waals surface area contributed by atoms with Crippen LogP contribution in [0.1, 0.15) is 17.3 Å². The van der Waals surface area contributed by atoms with Crippen molar-refractivity contribution in [2.24, 2.45) is 10.2 Å². The topological polar surface area (TPSA) is 164 Å². The zero-order valence-electron chi connectivity index (χ0n) is 15.3. The maximum absolute atomic E-state index is 12.4. The number of anilines is 1. The molecular weight excluding hydrogens is 384 g/mol. The van der Waals surface area contributed by atoms with E-state index < -0.39 is 28.3 Å². The molecular formula is C18H16N4O7. The van der Waals surface area contributed by atoms with E-state index >= 15 is 0 Å². The zero-order valence-corrected chi connectivity index (χ0v) is 15.3. The average Bonchev–Trinajstić information content (AvgIpc) is 2.68. The molecule has 29 heavy (non-hydrogen) atoms. The number of carbonyl (C=O) groups is 2. The molecule has 0 saturated heterocycles. The van der Waals surface area contributed by atoms with Crippen molar-refractivity contribution in [3.05, 3.63) is 69.6 Å². The van der Waals surface area contributed by atoms with E-state index in [9.17, 15) is 24.8 Å². The third-order valence-corrected chi connectivity index (χ3v) is 3.58. The molecule has 11 heteroatoms. The van der Waals surface area contributed by atoms with Gasteiger partial charge in [-0.1, -0.05) is 0 Å². The molecule has 11 nitrogen and oxygen atoms in total. The van der Waals surface area contributed by atoms with Crippen LogP contribution in [0.15, 0.2) is 64.1 Å². The molecule has 2 aromatic rings. The van der Waals surface area contributed by atoms with Crippen LogP contribution in [-0.4, -0.2) is 34.1 Å². The van der Waals surface area contributed by atoms with Gasteiger partial charge in [-0.05, 0) is 37.3 Å². The number of ether oxygens (including phenoxy) is 1. The number of aliphatic hydroxyl groups excluding tert-OH is 1. The first-order valence-electron chi connectivity index (χ1n) is 8.01. The number of azo groups is 1. The number of non-ortho nitro benzene ring substituents is 1. The summed E-state index contributed by atoms with van der Waals surface area (Å²) in [7, 11) is 1.29.